The molecule has 1 aliphatic rings. The Labute approximate surface area is 109 Å². The lowest BCUT2D eigenvalue weighted by Crippen LogP contribution is -2.42. The molecule has 2 N–H and O–H groups in total. The molecule has 0 bridgehead atoms. The van der Waals surface area contributed by atoms with Crippen LogP contribution in [0.1, 0.15) is 38.7 Å². The Balaban J connectivity index is 1.85. The average molecular weight is 246 g/mol. The van der Waals surface area contributed by atoms with Gasteiger partial charge >= 0.3 is 0 Å². The van der Waals surface area contributed by atoms with Gasteiger partial charge in [0.05, 0.1) is 0 Å². The number of hydrogen-bond acceptors (Lipinski definition) is 2. The van der Waals surface area contributed by atoms with Crippen LogP contribution in [0.4, 0.5) is 5.69 Å². The summed E-state index contributed by atoms with van der Waals surface area (Å²) >= 11 is 0. The number of fused-ring (bicyclic) bond motifs is 1. The van der Waals surface area contributed by atoms with Crippen LogP contribution >= 0.6 is 0 Å². The van der Waals surface area contributed by atoms with Crippen molar-refractivity contribution in [3.05, 3.63) is 29.8 Å². The molecular weight excluding hydrogens is 224 g/mol. The summed E-state index contributed by atoms with van der Waals surface area (Å²) in [6.45, 7) is 4.25. The quantitative estimate of drug-likeness (QED) is 0.838. The van der Waals surface area contributed by atoms with Crippen LogP contribution in [0.5, 0.6) is 0 Å². The summed E-state index contributed by atoms with van der Waals surface area (Å²) in [6, 6.07) is 8.29. The normalized spacial score (nSPS) is 18.9. The van der Waals surface area contributed by atoms with E-state index in [1.807, 2.05) is 18.2 Å². The zero-order valence-electron chi connectivity index (χ0n) is 11.2. The molecular formula is C15H22N2O. The van der Waals surface area contributed by atoms with Crippen LogP contribution in [0.15, 0.2) is 24.3 Å². The van der Waals surface area contributed by atoms with Gasteiger partial charge in [0.2, 0.25) is 5.91 Å². The van der Waals surface area contributed by atoms with Gasteiger partial charge in [0, 0.05) is 18.2 Å². The average Bonchev–Trinajstić information content (AvgIpc) is 2.80. The Bertz CT molecular complexity index is 392. The van der Waals surface area contributed by atoms with Crippen molar-refractivity contribution in [2.75, 3.05) is 5.32 Å². The highest BCUT2D eigenvalue weighted by Crippen LogP contribution is 2.25. The fraction of sp³-hybridized carbons (Fsp3) is 0.533. The van der Waals surface area contributed by atoms with Gasteiger partial charge in [-0.2, -0.15) is 0 Å². The van der Waals surface area contributed by atoms with Crippen molar-refractivity contribution < 1.29 is 4.79 Å². The number of anilines is 1. The van der Waals surface area contributed by atoms with Gasteiger partial charge in [-0.1, -0.05) is 38.0 Å². The molecule has 0 saturated heterocycles. The predicted molar refractivity (Wildman–Crippen MR) is 74.7 cm³/mol. The highest BCUT2D eigenvalue weighted by Gasteiger charge is 2.26. The maximum absolute atomic E-state index is 12.1. The summed E-state index contributed by atoms with van der Waals surface area (Å²) in [5.74, 6) is 0.120. The van der Waals surface area contributed by atoms with E-state index in [1.54, 1.807) is 0 Å². The molecule has 0 radical (unpaired) electrons. The van der Waals surface area contributed by atoms with Crippen molar-refractivity contribution in [2.24, 2.45) is 0 Å². The van der Waals surface area contributed by atoms with Crippen LogP contribution in [-0.4, -0.2) is 18.0 Å². The SMILES string of the molecule is CCCCC(C)NC(=O)C1Cc2ccccc2N1. The molecule has 1 amide bonds. The summed E-state index contributed by atoms with van der Waals surface area (Å²) < 4.78 is 0. The van der Waals surface area contributed by atoms with E-state index in [9.17, 15) is 4.79 Å². The molecule has 0 aliphatic carbocycles. The Morgan fingerprint density at radius 2 is 2.28 bits per heavy atom. The van der Waals surface area contributed by atoms with Crippen LogP contribution in [0.25, 0.3) is 0 Å². The van der Waals surface area contributed by atoms with E-state index in [4.69, 9.17) is 0 Å². The summed E-state index contributed by atoms with van der Waals surface area (Å²) in [5, 5.41) is 6.37. The second kappa shape index (κ2) is 5.89. The molecule has 0 aromatic heterocycles. The molecule has 0 spiro atoms. The van der Waals surface area contributed by atoms with Crippen molar-refractivity contribution >= 4 is 11.6 Å². The Kier molecular flexibility index (Phi) is 4.24. The van der Waals surface area contributed by atoms with Gasteiger partial charge in [-0.15, -0.1) is 0 Å². The maximum Gasteiger partial charge on any atom is 0.243 e. The summed E-state index contributed by atoms with van der Waals surface area (Å²) in [7, 11) is 0. The van der Waals surface area contributed by atoms with E-state index in [2.05, 4.69) is 30.5 Å². The molecule has 18 heavy (non-hydrogen) atoms. The van der Waals surface area contributed by atoms with Gasteiger partial charge in [0.25, 0.3) is 0 Å². The largest absolute Gasteiger partial charge is 0.373 e. The summed E-state index contributed by atoms with van der Waals surface area (Å²) in [6.07, 6.45) is 4.19. The maximum atomic E-state index is 12.1. The molecule has 2 unspecified atom stereocenters. The molecule has 1 aromatic carbocycles. The highest BCUT2D eigenvalue weighted by molar-refractivity contribution is 5.87. The van der Waals surface area contributed by atoms with Crippen molar-refractivity contribution in [2.45, 2.75) is 51.6 Å². The van der Waals surface area contributed by atoms with Gasteiger partial charge in [-0.3, -0.25) is 4.79 Å². The molecule has 1 heterocycles. The third kappa shape index (κ3) is 3.03. The molecule has 2 rings (SSSR count). The fourth-order valence-electron chi connectivity index (χ4n) is 2.38. The first kappa shape index (κ1) is 12.9. The van der Waals surface area contributed by atoms with Crippen LogP contribution in [0.2, 0.25) is 0 Å². The second-order valence-electron chi connectivity index (χ2n) is 5.11. The van der Waals surface area contributed by atoms with Gasteiger partial charge < -0.3 is 10.6 Å². The number of para-hydroxylation sites is 1. The van der Waals surface area contributed by atoms with Gasteiger partial charge in [0.1, 0.15) is 6.04 Å². The second-order valence-corrected chi connectivity index (χ2v) is 5.11. The van der Waals surface area contributed by atoms with E-state index in [1.165, 1.54) is 18.4 Å². The minimum Gasteiger partial charge on any atom is -0.373 e. The molecule has 1 aliphatic heterocycles. The standard InChI is InChI=1S/C15H22N2O/c1-3-4-7-11(2)16-15(18)14-10-12-8-5-6-9-13(12)17-14/h5-6,8-9,11,14,17H,3-4,7,10H2,1-2H3,(H,16,18). The Morgan fingerprint density at radius 3 is 3.00 bits per heavy atom. The zero-order valence-corrected chi connectivity index (χ0v) is 11.2. The number of unbranched alkanes of at least 4 members (excludes halogenated alkanes) is 1. The number of carbonyl (C=O) groups excluding carboxylic acids is 1. The lowest BCUT2D eigenvalue weighted by Gasteiger charge is -2.17. The topological polar surface area (TPSA) is 41.1 Å². The van der Waals surface area contributed by atoms with Crippen LogP contribution in [0.3, 0.4) is 0 Å². The first-order chi connectivity index (χ1) is 8.70. The van der Waals surface area contributed by atoms with E-state index in [-0.39, 0.29) is 18.0 Å². The minimum atomic E-state index is -0.105. The molecule has 98 valence electrons. The summed E-state index contributed by atoms with van der Waals surface area (Å²) in [4.78, 5) is 12.1. The lowest BCUT2D eigenvalue weighted by molar-refractivity contribution is -0.122. The van der Waals surface area contributed by atoms with Crippen molar-refractivity contribution in [3.8, 4) is 0 Å². The number of carbonyl (C=O) groups is 1. The van der Waals surface area contributed by atoms with Crippen molar-refractivity contribution in [1.29, 1.82) is 0 Å². The number of nitrogens with one attached hydrogen (secondary N) is 2. The number of rotatable bonds is 5. The Morgan fingerprint density at radius 1 is 1.50 bits per heavy atom. The minimum absolute atomic E-state index is 0.105. The van der Waals surface area contributed by atoms with Gasteiger partial charge in [-0.25, -0.2) is 0 Å². The van der Waals surface area contributed by atoms with E-state index < -0.39 is 0 Å². The van der Waals surface area contributed by atoms with E-state index in [0.717, 1.165) is 18.5 Å². The molecule has 2 atom stereocenters. The predicted octanol–water partition coefficient (Wildman–Crippen LogP) is 2.72. The van der Waals surface area contributed by atoms with Gasteiger partial charge in [-0.05, 0) is 25.0 Å². The fourth-order valence-corrected chi connectivity index (χ4v) is 2.38. The Hall–Kier alpha value is -1.51. The monoisotopic (exact) mass is 246 g/mol. The molecule has 3 nitrogen and oxygen atoms in total. The third-order valence-electron chi connectivity index (χ3n) is 3.47. The van der Waals surface area contributed by atoms with Crippen LogP contribution in [-0.2, 0) is 11.2 Å². The highest BCUT2D eigenvalue weighted by atomic mass is 16.2. The zero-order chi connectivity index (χ0) is 13.0. The van der Waals surface area contributed by atoms with Crippen molar-refractivity contribution in [1.82, 2.24) is 5.32 Å². The van der Waals surface area contributed by atoms with E-state index in [0.29, 0.717) is 0 Å². The van der Waals surface area contributed by atoms with E-state index >= 15 is 0 Å². The number of benzene rings is 1. The lowest BCUT2D eigenvalue weighted by atomic mass is 10.1. The molecule has 0 fully saturated rings. The third-order valence-corrected chi connectivity index (χ3v) is 3.47. The number of amides is 1. The van der Waals surface area contributed by atoms with Crippen LogP contribution in [0, 0.1) is 0 Å². The van der Waals surface area contributed by atoms with Crippen LogP contribution < -0.4 is 10.6 Å². The first-order valence-electron chi connectivity index (χ1n) is 6.85. The smallest absolute Gasteiger partial charge is 0.243 e. The molecule has 1 aromatic rings. The molecule has 3 heteroatoms. The van der Waals surface area contributed by atoms with Gasteiger partial charge in [0.15, 0.2) is 0 Å². The first-order valence-corrected chi connectivity index (χ1v) is 6.85. The number of hydrogen-bond donors (Lipinski definition) is 2. The van der Waals surface area contributed by atoms with Crippen molar-refractivity contribution in [3.63, 3.8) is 0 Å². The summed E-state index contributed by atoms with van der Waals surface area (Å²) in [5.41, 5.74) is 2.33. The molecule has 0 saturated carbocycles.